The summed E-state index contributed by atoms with van der Waals surface area (Å²) in [5.41, 5.74) is 0. The normalized spacial score (nSPS) is 15.0. The number of benzene rings is 1. The summed E-state index contributed by atoms with van der Waals surface area (Å²) in [6, 6.07) is 10.1. The molecule has 0 spiro atoms. The summed E-state index contributed by atoms with van der Waals surface area (Å²) >= 11 is 0. The van der Waals surface area contributed by atoms with E-state index in [2.05, 4.69) is 27.7 Å². The van der Waals surface area contributed by atoms with Gasteiger partial charge in [-0.2, -0.15) is 0 Å². The summed E-state index contributed by atoms with van der Waals surface area (Å²) in [4.78, 5) is 12.5. The van der Waals surface area contributed by atoms with Gasteiger partial charge < -0.3 is 13.6 Å². The van der Waals surface area contributed by atoms with E-state index in [1.165, 1.54) is 45.6 Å². The molecule has 0 saturated carbocycles. The highest BCUT2D eigenvalue weighted by molar-refractivity contribution is 6.83. The first-order valence-corrected chi connectivity index (χ1v) is 13.0. The standard InChI is InChI=1S/C24H42O4Si/c1-7-8-9-10-11-12-13-17-20-22(23(25)26-5)28-29(27-6,24(2,3)4)21-18-15-14-16-19-21/h14-16,18-19,22H,7-13,17,20H2,1-6H3/t22-,29?/m0/s1. The molecule has 4 nitrogen and oxygen atoms in total. The monoisotopic (exact) mass is 422 g/mol. The van der Waals surface area contributed by atoms with Gasteiger partial charge >= 0.3 is 14.5 Å². The molecule has 0 radical (unpaired) electrons. The third-order valence-electron chi connectivity index (χ3n) is 5.52. The van der Waals surface area contributed by atoms with E-state index in [0.717, 1.165) is 18.0 Å². The van der Waals surface area contributed by atoms with Gasteiger partial charge in [-0.25, -0.2) is 4.79 Å². The molecule has 1 rings (SSSR count). The molecule has 5 heteroatoms. The third kappa shape index (κ3) is 7.87. The van der Waals surface area contributed by atoms with Crippen molar-refractivity contribution in [1.29, 1.82) is 0 Å². The first-order chi connectivity index (χ1) is 13.8. The van der Waals surface area contributed by atoms with Crippen LogP contribution in [0.2, 0.25) is 5.04 Å². The molecule has 0 N–H and O–H groups in total. The van der Waals surface area contributed by atoms with Gasteiger partial charge in [-0.1, -0.05) is 109 Å². The highest BCUT2D eigenvalue weighted by Crippen LogP contribution is 2.38. The Hall–Kier alpha value is -1.17. The van der Waals surface area contributed by atoms with Crippen molar-refractivity contribution >= 4 is 19.7 Å². The van der Waals surface area contributed by atoms with Crippen molar-refractivity contribution in [3.8, 4) is 0 Å². The van der Waals surface area contributed by atoms with Crippen LogP contribution in [0.3, 0.4) is 0 Å². The van der Waals surface area contributed by atoms with Gasteiger partial charge in [0.15, 0.2) is 0 Å². The molecule has 0 saturated heterocycles. The molecule has 0 aliphatic rings. The van der Waals surface area contributed by atoms with E-state index in [1.54, 1.807) is 7.11 Å². The zero-order chi connectivity index (χ0) is 21.8. The van der Waals surface area contributed by atoms with E-state index in [9.17, 15) is 4.79 Å². The molecule has 0 aromatic heterocycles. The second-order valence-corrected chi connectivity index (χ2v) is 12.8. The molecule has 29 heavy (non-hydrogen) atoms. The molecule has 1 aromatic carbocycles. The highest BCUT2D eigenvalue weighted by Gasteiger charge is 2.53. The van der Waals surface area contributed by atoms with E-state index >= 15 is 0 Å². The van der Waals surface area contributed by atoms with Gasteiger partial charge in [0.1, 0.15) is 6.10 Å². The van der Waals surface area contributed by atoms with Gasteiger partial charge in [0.2, 0.25) is 0 Å². The Morgan fingerprint density at radius 2 is 1.48 bits per heavy atom. The average molecular weight is 423 g/mol. The Bertz CT molecular complexity index is 570. The first-order valence-electron chi connectivity index (χ1n) is 11.2. The molecule has 1 aromatic rings. The summed E-state index contributed by atoms with van der Waals surface area (Å²) < 4.78 is 17.8. The van der Waals surface area contributed by atoms with Gasteiger partial charge in [0.25, 0.3) is 0 Å². The van der Waals surface area contributed by atoms with Crippen LogP contribution in [-0.4, -0.2) is 34.9 Å². The molecule has 0 bridgehead atoms. The van der Waals surface area contributed by atoms with Crippen LogP contribution in [0.25, 0.3) is 0 Å². The summed E-state index contributed by atoms with van der Waals surface area (Å²) in [5, 5.41) is 0.800. The number of carbonyl (C=O) groups excluding carboxylic acids is 1. The number of rotatable bonds is 14. The molecule has 166 valence electrons. The van der Waals surface area contributed by atoms with Crippen molar-refractivity contribution in [1.82, 2.24) is 0 Å². The first kappa shape index (κ1) is 25.9. The van der Waals surface area contributed by atoms with Gasteiger partial charge in [0, 0.05) is 12.1 Å². The molecule has 0 fully saturated rings. The number of hydrogen-bond acceptors (Lipinski definition) is 4. The SMILES string of the molecule is CCCCCCCCCC[C@H](O[Si](OC)(c1ccccc1)C(C)(C)C)C(=O)OC. The van der Waals surface area contributed by atoms with Crippen molar-refractivity contribution in [3.05, 3.63) is 30.3 Å². The molecule has 1 unspecified atom stereocenters. The van der Waals surface area contributed by atoms with Crippen LogP contribution < -0.4 is 5.19 Å². The number of esters is 1. The van der Waals surface area contributed by atoms with Crippen molar-refractivity contribution in [3.63, 3.8) is 0 Å². The largest absolute Gasteiger partial charge is 0.467 e. The molecule has 0 amide bonds. The van der Waals surface area contributed by atoms with E-state index < -0.39 is 14.7 Å². The minimum absolute atomic E-state index is 0.241. The van der Waals surface area contributed by atoms with E-state index in [0.29, 0.717) is 6.42 Å². The summed E-state index contributed by atoms with van der Waals surface area (Å²) in [5.74, 6) is -0.304. The second-order valence-electron chi connectivity index (χ2n) is 8.83. The van der Waals surface area contributed by atoms with Gasteiger partial charge in [0.05, 0.1) is 7.11 Å². The minimum atomic E-state index is -2.88. The van der Waals surface area contributed by atoms with Crippen LogP contribution in [0.1, 0.15) is 85.5 Å². The smallest absolute Gasteiger partial charge is 0.378 e. The molecule has 0 aliphatic heterocycles. The minimum Gasteiger partial charge on any atom is -0.467 e. The zero-order valence-electron chi connectivity index (χ0n) is 19.5. The Kier molecular flexibility index (Phi) is 11.8. The fourth-order valence-corrected chi connectivity index (χ4v) is 7.37. The van der Waals surface area contributed by atoms with E-state index in [-0.39, 0.29) is 11.0 Å². The Balaban J connectivity index is 2.81. The van der Waals surface area contributed by atoms with Crippen molar-refractivity contribution < 1.29 is 18.4 Å². The third-order valence-corrected chi connectivity index (χ3v) is 9.78. The van der Waals surface area contributed by atoms with Crippen LogP contribution in [0.15, 0.2) is 30.3 Å². The Morgan fingerprint density at radius 3 is 1.97 bits per heavy atom. The lowest BCUT2D eigenvalue weighted by molar-refractivity contribution is -0.150. The lowest BCUT2D eigenvalue weighted by Gasteiger charge is -2.41. The predicted octanol–water partition coefficient (Wildman–Crippen LogP) is 5.87. The second kappa shape index (κ2) is 13.2. The van der Waals surface area contributed by atoms with Crippen LogP contribution >= 0.6 is 0 Å². The molecule has 0 heterocycles. The maximum absolute atomic E-state index is 12.5. The van der Waals surface area contributed by atoms with Crippen LogP contribution in [0.5, 0.6) is 0 Å². The summed E-state index contributed by atoms with van der Waals surface area (Å²) in [6.45, 7) is 8.62. The Labute approximate surface area is 179 Å². The molecule has 0 aliphatic carbocycles. The van der Waals surface area contributed by atoms with Crippen LogP contribution in [0, 0.1) is 0 Å². The number of carbonyl (C=O) groups is 1. The number of ether oxygens (including phenoxy) is 1. The van der Waals surface area contributed by atoms with Crippen molar-refractivity contribution in [2.24, 2.45) is 0 Å². The maximum atomic E-state index is 12.5. The lowest BCUT2D eigenvalue weighted by atomic mass is 10.1. The number of unbranched alkanes of at least 4 members (excludes halogenated alkanes) is 7. The summed E-state index contributed by atoms with van der Waals surface area (Å²) in [6.07, 6.45) is 9.87. The fraction of sp³-hybridized carbons (Fsp3) is 0.708. The van der Waals surface area contributed by atoms with E-state index in [1.807, 2.05) is 30.3 Å². The number of methoxy groups -OCH3 is 1. The molecular formula is C24H42O4Si. The van der Waals surface area contributed by atoms with E-state index in [4.69, 9.17) is 13.6 Å². The van der Waals surface area contributed by atoms with Gasteiger partial charge in [-0.3, -0.25) is 0 Å². The zero-order valence-corrected chi connectivity index (χ0v) is 20.5. The van der Waals surface area contributed by atoms with Crippen LogP contribution in [-0.2, 0) is 18.4 Å². The fourth-order valence-electron chi connectivity index (χ4n) is 3.83. The van der Waals surface area contributed by atoms with Gasteiger partial charge in [-0.05, 0) is 11.6 Å². The maximum Gasteiger partial charge on any atom is 0.378 e. The van der Waals surface area contributed by atoms with Crippen molar-refractivity contribution in [2.75, 3.05) is 14.2 Å². The van der Waals surface area contributed by atoms with Crippen LogP contribution in [0.4, 0.5) is 0 Å². The average Bonchev–Trinajstić information content (AvgIpc) is 2.71. The highest BCUT2D eigenvalue weighted by atomic mass is 28.4. The predicted molar refractivity (Wildman–Crippen MR) is 123 cm³/mol. The summed E-state index contributed by atoms with van der Waals surface area (Å²) in [7, 11) is 0.256. The number of hydrogen-bond donors (Lipinski definition) is 0. The Morgan fingerprint density at radius 1 is 0.931 bits per heavy atom. The quantitative estimate of drug-likeness (QED) is 0.214. The molecular weight excluding hydrogens is 380 g/mol. The van der Waals surface area contributed by atoms with Gasteiger partial charge in [-0.15, -0.1) is 0 Å². The lowest BCUT2D eigenvalue weighted by Crippen LogP contribution is -2.62. The molecule has 2 atom stereocenters. The topological polar surface area (TPSA) is 44.8 Å². The van der Waals surface area contributed by atoms with Crippen molar-refractivity contribution in [2.45, 2.75) is 96.6 Å².